The lowest BCUT2D eigenvalue weighted by atomic mass is 10.1. The molecule has 1 saturated heterocycles. The van der Waals surface area contributed by atoms with Crippen molar-refractivity contribution in [3.05, 3.63) is 29.3 Å². The highest BCUT2D eigenvalue weighted by Gasteiger charge is 2.22. The summed E-state index contributed by atoms with van der Waals surface area (Å²) >= 11 is 0. The molecule has 1 aromatic rings. The number of nitrogens with one attached hydrogen (secondary N) is 1. The van der Waals surface area contributed by atoms with Crippen LogP contribution < -0.4 is 10.2 Å². The van der Waals surface area contributed by atoms with Crippen LogP contribution >= 0.6 is 0 Å². The summed E-state index contributed by atoms with van der Waals surface area (Å²) in [7, 11) is 1.13. The number of carbonyl (C=O) groups is 1. The molecule has 0 aliphatic carbocycles. The highest BCUT2D eigenvalue weighted by molar-refractivity contribution is 5.90. The Hall–Kier alpha value is -1.69. The molecule has 0 spiro atoms. The Labute approximate surface area is 104 Å². The molecule has 0 bridgehead atoms. The Bertz CT molecular complexity index is 460. The number of piperazine rings is 1. The maximum Gasteiger partial charge on any atom is 0.340 e. The quantitative estimate of drug-likeness (QED) is 0.806. The zero-order valence-electron chi connectivity index (χ0n) is 10.0. The number of hydrogen-bond donors (Lipinski definition) is 1. The van der Waals surface area contributed by atoms with Gasteiger partial charge in [0.05, 0.1) is 18.4 Å². The van der Waals surface area contributed by atoms with Crippen molar-refractivity contribution in [2.45, 2.75) is 0 Å². The predicted molar refractivity (Wildman–Crippen MR) is 62.8 cm³/mol. The highest BCUT2D eigenvalue weighted by atomic mass is 19.2. The Morgan fingerprint density at radius 2 is 1.94 bits per heavy atom. The van der Waals surface area contributed by atoms with Crippen molar-refractivity contribution in [2.75, 3.05) is 38.2 Å². The summed E-state index contributed by atoms with van der Waals surface area (Å²) in [4.78, 5) is 13.0. The van der Waals surface area contributed by atoms with Crippen LogP contribution in [0.15, 0.2) is 12.1 Å². The van der Waals surface area contributed by atoms with Crippen LogP contribution in [-0.2, 0) is 4.74 Å². The fourth-order valence-electron chi connectivity index (χ4n) is 1.96. The molecule has 1 aliphatic rings. The Balaban J connectivity index is 2.33. The van der Waals surface area contributed by atoms with Crippen LogP contribution in [0.2, 0.25) is 0 Å². The number of hydrogen-bond acceptors (Lipinski definition) is 4. The van der Waals surface area contributed by atoms with Crippen molar-refractivity contribution in [1.29, 1.82) is 0 Å². The molecule has 18 heavy (non-hydrogen) atoms. The van der Waals surface area contributed by atoms with E-state index < -0.39 is 17.6 Å². The molecule has 0 aromatic heterocycles. The molecule has 1 aliphatic heterocycles. The first-order valence-corrected chi connectivity index (χ1v) is 5.67. The lowest BCUT2D eigenvalue weighted by molar-refractivity contribution is 0.0594. The van der Waals surface area contributed by atoms with Gasteiger partial charge in [-0.25, -0.2) is 13.6 Å². The normalized spacial score (nSPS) is 15.6. The van der Waals surface area contributed by atoms with Gasteiger partial charge in [0.15, 0.2) is 11.6 Å². The average Bonchev–Trinajstić information content (AvgIpc) is 2.42. The second-order valence-electron chi connectivity index (χ2n) is 3.99. The van der Waals surface area contributed by atoms with Gasteiger partial charge in [0.1, 0.15) is 0 Å². The zero-order chi connectivity index (χ0) is 13.1. The first kappa shape index (κ1) is 12.8. The molecule has 0 atom stereocenters. The van der Waals surface area contributed by atoms with Gasteiger partial charge in [-0.3, -0.25) is 0 Å². The highest BCUT2D eigenvalue weighted by Crippen LogP contribution is 2.24. The molecular formula is C12H14F2N2O2. The van der Waals surface area contributed by atoms with Gasteiger partial charge < -0.3 is 15.0 Å². The molecule has 1 aromatic carbocycles. The molecule has 4 nitrogen and oxygen atoms in total. The minimum Gasteiger partial charge on any atom is -0.465 e. The Kier molecular flexibility index (Phi) is 3.76. The van der Waals surface area contributed by atoms with Crippen LogP contribution in [0.5, 0.6) is 0 Å². The third-order valence-corrected chi connectivity index (χ3v) is 2.92. The number of methoxy groups -OCH3 is 1. The van der Waals surface area contributed by atoms with Crippen molar-refractivity contribution in [3.63, 3.8) is 0 Å². The number of anilines is 1. The molecule has 6 heteroatoms. The van der Waals surface area contributed by atoms with E-state index >= 15 is 0 Å². The van der Waals surface area contributed by atoms with E-state index in [4.69, 9.17) is 0 Å². The van der Waals surface area contributed by atoms with Gasteiger partial charge in [-0.1, -0.05) is 0 Å². The average molecular weight is 256 g/mol. The predicted octanol–water partition coefficient (Wildman–Crippen LogP) is 1.16. The smallest absolute Gasteiger partial charge is 0.340 e. The number of rotatable bonds is 2. The van der Waals surface area contributed by atoms with Crippen molar-refractivity contribution >= 4 is 11.7 Å². The Morgan fingerprint density at radius 3 is 2.56 bits per heavy atom. The molecule has 1 N–H and O–H groups in total. The topological polar surface area (TPSA) is 41.6 Å². The van der Waals surface area contributed by atoms with Gasteiger partial charge >= 0.3 is 5.97 Å². The number of esters is 1. The molecule has 0 unspecified atom stereocenters. The van der Waals surface area contributed by atoms with E-state index in [0.717, 1.165) is 20.2 Å². The van der Waals surface area contributed by atoms with E-state index in [1.54, 1.807) is 4.90 Å². The standard InChI is InChI=1S/C12H14F2N2O2/c1-18-12(17)8-2-3-9(11(14)10(8)13)16-6-4-15-5-7-16/h2-3,15H,4-7H2,1H3. The Morgan fingerprint density at radius 1 is 1.28 bits per heavy atom. The summed E-state index contributed by atoms with van der Waals surface area (Å²) < 4.78 is 32.0. The largest absolute Gasteiger partial charge is 0.465 e. The molecule has 0 radical (unpaired) electrons. The number of nitrogens with zero attached hydrogens (tertiary/aromatic N) is 1. The summed E-state index contributed by atoms with van der Waals surface area (Å²) in [5, 5.41) is 3.13. The van der Waals surface area contributed by atoms with Crippen LogP contribution in [0.25, 0.3) is 0 Å². The van der Waals surface area contributed by atoms with Crippen LogP contribution in [0.1, 0.15) is 10.4 Å². The monoisotopic (exact) mass is 256 g/mol. The van der Waals surface area contributed by atoms with E-state index in [-0.39, 0.29) is 11.3 Å². The van der Waals surface area contributed by atoms with Crippen LogP contribution in [-0.4, -0.2) is 39.3 Å². The van der Waals surface area contributed by atoms with Crippen molar-refractivity contribution in [1.82, 2.24) is 5.32 Å². The summed E-state index contributed by atoms with van der Waals surface area (Å²) in [5.41, 5.74) is -0.199. The van der Waals surface area contributed by atoms with E-state index in [2.05, 4.69) is 10.1 Å². The number of ether oxygens (including phenoxy) is 1. The van der Waals surface area contributed by atoms with E-state index in [1.165, 1.54) is 12.1 Å². The van der Waals surface area contributed by atoms with Gasteiger partial charge in [0.25, 0.3) is 0 Å². The molecule has 0 amide bonds. The van der Waals surface area contributed by atoms with Crippen LogP contribution in [0.4, 0.5) is 14.5 Å². The molecule has 98 valence electrons. The lowest BCUT2D eigenvalue weighted by Gasteiger charge is -2.29. The minimum absolute atomic E-state index is 0.182. The molecule has 2 rings (SSSR count). The van der Waals surface area contributed by atoms with Crippen LogP contribution in [0, 0.1) is 11.6 Å². The minimum atomic E-state index is -1.15. The second kappa shape index (κ2) is 5.30. The number of benzene rings is 1. The van der Waals surface area contributed by atoms with Gasteiger partial charge in [0.2, 0.25) is 0 Å². The van der Waals surface area contributed by atoms with Crippen molar-refractivity contribution < 1.29 is 18.3 Å². The third-order valence-electron chi connectivity index (χ3n) is 2.92. The summed E-state index contributed by atoms with van der Waals surface area (Å²) in [6.07, 6.45) is 0. The van der Waals surface area contributed by atoms with Gasteiger partial charge in [-0.15, -0.1) is 0 Å². The van der Waals surface area contributed by atoms with E-state index in [0.29, 0.717) is 13.1 Å². The van der Waals surface area contributed by atoms with Gasteiger partial charge in [-0.2, -0.15) is 0 Å². The van der Waals surface area contributed by atoms with Crippen molar-refractivity contribution in [3.8, 4) is 0 Å². The second-order valence-corrected chi connectivity index (χ2v) is 3.99. The summed E-state index contributed by atoms with van der Waals surface area (Å²) in [5.74, 6) is -3.03. The molecule has 0 saturated carbocycles. The maximum atomic E-state index is 13.9. The summed E-state index contributed by atoms with van der Waals surface area (Å²) in [6, 6.07) is 2.66. The number of carbonyl (C=O) groups excluding carboxylic acids is 1. The fraction of sp³-hybridized carbons (Fsp3) is 0.417. The zero-order valence-corrected chi connectivity index (χ0v) is 10.0. The molecule has 1 fully saturated rings. The number of halogens is 2. The fourth-order valence-corrected chi connectivity index (χ4v) is 1.96. The molecular weight excluding hydrogens is 242 g/mol. The first-order chi connectivity index (χ1) is 8.65. The van der Waals surface area contributed by atoms with E-state index in [9.17, 15) is 13.6 Å². The SMILES string of the molecule is COC(=O)c1ccc(N2CCNCC2)c(F)c1F. The molecule has 1 heterocycles. The first-order valence-electron chi connectivity index (χ1n) is 5.67. The third kappa shape index (κ3) is 2.28. The van der Waals surface area contributed by atoms with Crippen LogP contribution in [0.3, 0.4) is 0 Å². The van der Waals surface area contributed by atoms with E-state index in [1.807, 2.05) is 0 Å². The van der Waals surface area contributed by atoms with Gasteiger partial charge in [0, 0.05) is 26.2 Å². The van der Waals surface area contributed by atoms with Gasteiger partial charge in [-0.05, 0) is 12.1 Å². The lowest BCUT2D eigenvalue weighted by Crippen LogP contribution is -2.44. The maximum absolute atomic E-state index is 13.9. The van der Waals surface area contributed by atoms with Crippen molar-refractivity contribution in [2.24, 2.45) is 0 Å². The summed E-state index contributed by atoms with van der Waals surface area (Å²) in [6.45, 7) is 2.65.